The molecule has 2 rings (SSSR count). The van der Waals surface area contributed by atoms with Crippen molar-refractivity contribution in [2.45, 2.75) is 77.9 Å². The van der Waals surface area contributed by atoms with Gasteiger partial charge in [-0.15, -0.1) is 0 Å². The van der Waals surface area contributed by atoms with E-state index in [1.165, 1.54) is 11.1 Å². The fraction of sp³-hybridized carbons (Fsp3) is 0.480. The van der Waals surface area contributed by atoms with E-state index in [0.717, 1.165) is 31.2 Å². The van der Waals surface area contributed by atoms with Crippen LogP contribution in [0.5, 0.6) is 0 Å². The number of hydrogen-bond donors (Lipinski definition) is 1. The topological polar surface area (TPSA) is 46.5 Å². The number of ether oxygens (including phenoxy) is 1. The van der Waals surface area contributed by atoms with E-state index in [2.05, 4.69) is 45.0 Å². The molecule has 1 atom stereocenters. The van der Waals surface area contributed by atoms with E-state index in [4.69, 9.17) is 4.74 Å². The number of carbonyl (C=O) groups excluding carboxylic acids is 1. The van der Waals surface area contributed by atoms with Crippen LogP contribution in [0.3, 0.4) is 0 Å². The summed E-state index contributed by atoms with van der Waals surface area (Å²) in [5.41, 5.74) is 4.45. The molecule has 2 aromatic carbocycles. The summed E-state index contributed by atoms with van der Waals surface area (Å²) < 4.78 is 5.20. The average Bonchev–Trinajstić information content (AvgIpc) is 2.64. The molecular weight excluding hydrogens is 348 g/mol. The Balaban J connectivity index is 1.77. The molecule has 0 aliphatic carbocycles. The average molecular weight is 383 g/mol. The number of aliphatic hydroxyl groups excluding tert-OH is 1. The highest BCUT2D eigenvalue weighted by Gasteiger charge is 2.13. The fourth-order valence-electron chi connectivity index (χ4n) is 3.07. The Morgan fingerprint density at radius 3 is 1.79 bits per heavy atom. The second kappa shape index (κ2) is 9.88. The van der Waals surface area contributed by atoms with Crippen molar-refractivity contribution in [1.82, 2.24) is 0 Å². The lowest BCUT2D eigenvalue weighted by Crippen LogP contribution is -2.12. The molecule has 0 spiro atoms. The molecule has 152 valence electrons. The van der Waals surface area contributed by atoms with Gasteiger partial charge >= 0.3 is 5.97 Å². The van der Waals surface area contributed by atoms with Gasteiger partial charge in [-0.05, 0) is 73.8 Å². The molecule has 0 radical (unpaired) electrons. The second-order valence-corrected chi connectivity index (χ2v) is 8.83. The maximum atomic E-state index is 11.9. The molecule has 0 amide bonds. The normalized spacial score (nSPS) is 12.8. The van der Waals surface area contributed by atoms with E-state index >= 15 is 0 Å². The first-order chi connectivity index (χ1) is 13.1. The van der Waals surface area contributed by atoms with Crippen LogP contribution in [0, 0.1) is 0 Å². The molecule has 0 fully saturated rings. The zero-order valence-electron chi connectivity index (χ0n) is 17.9. The Kier molecular flexibility index (Phi) is 7.82. The summed E-state index contributed by atoms with van der Waals surface area (Å²) in [5, 5.41) is 10.3. The van der Waals surface area contributed by atoms with Crippen molar-refractivity contribution in [3.8, 4) is 0 Å². The lowest BCUT2D eigenvalue weighted by molar-refractivity contribution is 0.0378. The van der Waals surface area contributed by atoms with E-state index in [-0.39, 0.29) is 23.6 Å². The third-order valence-electron chi connectivity index (χ3n) is 4.88. The van der Waals surface area contributed by atoms with Gasteiger partial charge in [0.1, 0.15) is 0 Å². The van der Waals surface area contributed by atoms with Gasteiger partial charge in [-0.2, -0.15) is 0 Å². The number of hydrogen-bond acceptors (Lipinski definition) is 3. The molecule has 3 heteroatoms. The van der Waals surface area contributed by atoms with Gasteiger partial charge in [0.2, 0.25) is 0 Å². The summed E-state index contributed by atoms with van der Waals surface area (Å²) in [7, 11) is 0. The highest BCUT2D eigenvalue weighted by Crippen LogP contribution is 2.22. The summed E-state index contributed by atoms with van der Waals surface area (Å²) in [4.78, 5) is 11.9. The molecule has 0 aromatic heterocycles. The molecule has 2 aromatic rings. The molecule has 1 N–H and O–H groups in total. The smallest absolute Gasteiger partial charge is 0.338 e. The van der Waals surface area contributed by atoms with Crippen LogP contribution in [0.2, 0.25) is 0 Å². The molecular formula is C25H34O3. The lowest BCUT2D eigenvalue weighted by atomic mass is 9.86. The van der Waals surface area contributed by atoms with E-state index in [9.17, 15) is 9.90 Å². The summed E-state index contributed by atoms with van der Waals surface area (Å²) >= 11 is 0. The molecule has 0 aliphatic rings. The third-order valence-corrected chi connectivity index (χ3v) is 4.88. The maximum absolute atomic E-state index is 11.9. The molecule has 0 aliphatic heterocycles. The number of aliphatic hydroxyl groups is 1. The Morgan fingerprint density at radius 1 is 0.893 bits per heavy atom. The number of esters is 1. The predicted molar refractivity (Wildman–Crippen MR) is 115 cm³/mol. The fourth-order valence-corrected chi connectivity index (χ4v) is 3.07. The van der Waals surface area contributed by atoms with Gasteiger partial charge in [0.15, 0.2) is 0 Å². The van der Waals surface area contributed by atoms with Crippen molar-refractivity contribution in [3.05, 3.63) is 70.8 Å². The molecule has 28 heavy (non-hydrogen) atoms. The first kappa shape index (κ1) is 22.2. The van der Waals surface area contributed by atoms with E-state index in [0.29, 0.717) is 5.56 Å². The summed E-state index contributed by atoms with van der Waals surface area (Å²) in [6.07, 6.45) is 2.71. The molecule has 3 nitrogen and oxygen atoms in total. The molecule has 0 saturated heterocycles. The van der Waals surface area contributed by atoms with E-state index < -0.39 is 0 Å². The van der Waals surface area contributed by atoms with Crippen molar-refractivity contribution in [2.75, 3.05) is 0 Å². The highest BCUT2D eigenvalue weighted by atomic mass is 16.5. The minimum absolute atomic E-state index is 0.119. The number of benzene rings is 2. The van der Waals surface area contributed by atoms with Crippen molar-refractivity contribution >= 4 is 5.97 Å². The molecule has 0 heterocycles. The highest BCUT2D eigenvalue weighted by molar-refractivity contribution is 5.89. The van der Waals surface area contributed by atoms with Crippen LogP contribution < -0.4 is 0 Å². The monoisotopic (exact) mass is 382 g/mol. The van der Waals surface area contributed by atoms with Crippen molar-refractivity contribution in [3.63, 3.8) is 0 Å². The van der Waals surface area contributed by atoms with Gasteiger partial charge in [-0.25, -0.2) is 4.79 Å². The number of carbonyl (C=O) groups is 1. The standard InChI is InChI=1S/C25H34O3/c1-18(2)28-24(27)21-12-6-19(7-13-21)10-16-23(26)17-11-20-8-14-22(15-9-20)25(3,4)5/h6-9,12-15,18,23,26H,10-11,16-17H2,1-5H3. The van der Waals surface area contributed by atoms with Crippen molar-refractivity contribution < 1.29 is 14.6 Å². The summed E-state index contributed by atoms with van der Waals surface area (Å²) in [6, 6.07) is 16.2. The first-order valence-electron chi connectivity index (χ1n) is 10.2. The SMILES string of the molecule is CC(C)OC(=O)c1ccc(CCC(O)CCc2ccc(C(C)(C)C)cc2)cc1. The quantitative estimate of drug-likeness (QED) is 0.615. The molecule has 0 saturated carbocycles. The van der Waals surface area contributed by atoms with E-state index in [1.54, 1.807) is 12.1 Å². The third kappa shape index (κ3) is 7.12. The minimum Gasteiger partial charge on any atom is -0.459 e. The first-order valence-corrected chi connectivity index (χ1v) is 10.2. The second-order valence-electron chi connectivity index (χ2n) is 8.83. The summed E-state index contributed by atoms with van der Waals surface area (Å²) in [5.74, 6) is -0.293. The van der Waals surface area contributed by atoms with Gasteiger partial charge in [0.05, 0.1) is 17.8 Å². The van der Waals surface area contributed by atoms with Crippen LogP contribution in [0.25, 0.3) is 0 Å². The van der Waals surface area contributed by atoms with Crippen LogP contribution >= 0.6 is 0 Å². The Bertz CT molecular complexity index is 737. The molecule has 0 bridgehead atoms. The van der Waals surface area contributed by atoms with Crippen LogP contribution in [0.4, 0.5) is 0 Å². The van der Waals surface area contributed by atoms with Crippen LogP contribution in [0.15, 0.2) is 48.5 Å². The summed E-state index contributed by atoms with van der Waals surface area (Å²) in [6.45, 7) is 10.3. The van der Waals surface area contributed by atoms with Gasteiger partial charge in [-0.1, -0.05) is 57.2 Å². The van der Waals surface area contributed by atoms with Gasteiger partial charge < -0.3 is 9.84 Å². The number of aryl methyl sites for hydroxylation is 2. The van der Waals surface area contributed by atoms with Gasteiger partial charge in [-0.3, -0.25) is 0 Å². The van der Waals surface area contributed by atoms with Gasteiger partial charge in [0, 0.05) is 0 Å². The van der Waals surface area contributed by atoms with Gasteiger partial charge in [0.25, 0.3) is 0 Å². The zero-order valence-corrected chi connectivity index (χ0v) is 17.9. The van der Waals surface area contributed by atoms with Crippen LogP contribution in [-0.2, 0) is 23.0 Å². The predicted octanol–water partition coefficient (Wildman–Crippen LogP) is 5.48. The van der Waals surface area contributed by atoms with Crippen molar-refractivity contribution in [1.29, 1.82) is 0 Å². The van der Waals surface area contributed by atoms with Crippen LogP contribution in [-0.4, -0.2) is 23.3 Å². The lowest BCUT2D eigenvalue weighted by Gasteiger charge is -2.19. The van der Waals surface area contributed by atoms with E-state index in [1.807, 2.05) is 26.0 Å². The Hall–Kier alpha value is -2.13. The van der Waals surface area contributed by atoms with Crippen molar-refractivity contribution in [2.24, 2.45) is 0 Å². The Morgan fingerprint density at radius 2 is 1.36 bits per heavy atom. The number of rotatable bonds is 8. The minimum atomic E-state index is -0.326. The Labute approximate surface area is 169 Å². The maximum Gasteiger partial charge on any atom is 0.338 e. The largest absolute Gasteiger partial charge is 0.459 e. The zero-order chi connectivity index (χ0) is 20.7. The molecule has 1 unspecified atom stereocenters. The van der Waals surface area contributed by atoms with Crippen LogP contribution in [0.1, 0.15) is 74.5 Å².